The molecule has 0 radical (unpaired) electrons. The molecule has 2 aliphatic heterocycles. The van der Waals surface area contributed by atoms with Gasteiger partial charge in [-0.05, 0) is 57.2 Å². The Bertz CT molecular complexity index is 727. The smallest absolute Gasteiger partial charge is 0.309 e. The first-order chi connectivity index (χ1) is 15.1. The molecule has 2 saturated heterocycles. The lowest BCUT2D eigenvalue weighted by molar-refractivity contribution is -0.149. The van der Waals surface area contributed by atoms with Gasteiger partial charge in [-0.2, -0.15) is 0 Å². The van der Waals surface area contributed by atoms with E-state index in [0.717, 1.165) is 70.2 Å². The number of carbonyl (C=O) groups is 1. The zero-order valence-corrected chi connectivity index (χ0v) is 21.9. The molecular weight excluding hydrogens is 521 g/mol. The Morgan fingerprint density at radius 1 is 1.16 bits per heavy atom. The summed E-state index contributed by atoms with van der Waals surface area (Å²) in [6, 6.07) is 8.49. The highest BCUT2D eigenvalue weighted by Gasteiger charge is 2.35. The molecule has 8 heteroatoms. The number of nitrogens with zero attached hydrogens (tertiary/aromatic N) is 2. The highest BCUT2D eigenvalue weighted by atomic mass is 127. The molecule has 2 heterocycles. The number of likely N-dealkylation sites (tertiary alicyclic amines) is 1. The average molecular weight is 559 g/mol. The quantitative estimate of drug-likeness (QED) is 0.238. The molecular formula is C24H38IN3O4. The number of rotatable bonds is 7. The van der Waals surface area contributed by atoms with Crippen LogP contribution >= 0.6 is 24.0 Å². The summed E-state index contributed by atoms with van der Waals surface area (Å²) in [5.74, 6) is 1.74. The minimum Gasteiger partial charge on any atom is -0.494 e. The summed E-state index contributed by atoms with van der Waals surface area (Å²) in [4.78, 5) is 18.8. The van der Waals surface area contributed by atoms with Gasteiger partial charge in [0.2, 0.25) is 0 Å². The van der Waals surface area contributed by atoms with Gasteiger partial charge >= 0.3 is 5.97 Å². The van der Waals surface area contributed by atoms with Crippen molar-refractivity contribution in [2.45, 2.75) is 44.9 Å². The van der Waals surface area contributed by atoms with Crippen LogP contribution in [0, 0.1) is 5.92 Å². The van der Waals surface area contributed by atoms with Crippen molar-refractivity contribution in [3.05, 3.63) is 29.8 Å². The van der Waals surface area contributed by atoms with Gasteiger partial charge in [0.05, 0.1) is 19.1 Å². The Morgan fingerprint density at radius 2 is 1.81 bits per heavy atom. The van der Waals surface area contributed by atoms with Crippen molar-refractivity contribution >= 4 is 35.9 Å². The highest BCUT2D eigenvalue weighted by molar-refractivity contribution is 14.0. The Labute approximate surface area is 209 Å². The minimum atomic E-state index is -0.0678. The lowest BCUT2D eigenvalue weighted by Crippen LogP contribution is -2.51. The van der Waals surface area contributed by atoms with Crippen molar-refractivity contribution in [1.82, 2.24) is 10.2 Å². The summed E-state index contributed by atoms with van der Waals surface area (Å²) in [5.41, 5.74) is 1.31. The first-order valence-corrected chi connectivity index (χ1v) is 11.5. The van der Waals surface area contributed by atoms with E-state index in [-0.39, 0.29) is 41.3 Å². The number of hydrogen-bond donors (Lipinski definition) is 1. The lowest BCUT2D eigenvalue weighted by Gasteiger charge is -2.40. The molecule has 1 N–H and O–H groups in total. The van der Waals surface area contributed by atoms with Gasteiger partial charge in [-0.3, -0.25) is 9.79 Å². The Kier molecular flexibility index (Phi) is 11.0. The molecule has 0 saturated carbocycles. The van der Waals surface area contributed by atoms with E-state index in [1.807, 2.05) is 20.9 Å². The molecule has 2 fully saturated rings. The molecule has 7 nitrogen and oxygen atoms in total. The van der Waals surface area contributed by atoms with Gasteiger partial charge in [-0.1, -0.05) is 12.1 Å². The molecule has 2 aliphatic rings. The number of benzene rings is 1. The summed E-state index contributed by atoms with van der Waals surface area (Å²) in [5, 5.41) is 3.63. The van der Waals surface area contributed by atoms with Crippen molar-refractivity contribution in [3.8, 4) is 5.75 Å². The second-order valence-electron chi connectivity index (χ2n) is 8.26. The predicted octanol–water partition coefficient (Wildman–Crippen LogP) is 3.60. The van der Waals surface area contributed by atoms with Crippen LogP contribution in [0.25, 0.3) is 0 Å². The van der Waals surface area contributed by atoms with E-state index >= 15 is 0 Å². The summed E-state index contributed by atoms with van der Waals surface area (Å²) in [7, 11) is 1.83. The van der Waals surface area contributed by atoms with Crippen LogP contribution in [0.1, 0.15) is 45.1 Å². The first-order valence-electron chi connectivity index (χ1n) is 11.5. The fourth-order valence-electron chi connectivity index (χ4n) is 4.57. The zero-order valence-electron chi connectivity index (χ0n) is 19.6. The number of hydrogen-bond acceptors (Lipinski definition) is 5. The lowest BCUT2D eigenvalue weighted by atomic mass is 9.74. The number of halogens is 1. The first kappa shape index (κ1) is 26.7. The summed E-state index contributed by atoms with van der Waals surface area (Å²) in [6.45, 7) is 8.91. The third-order valence-electron chi connectivity index (χ3n) is 6.44. The number of aliphatic imine (C=N–C) groups is 1. The van der Waals surface area contributed by atoms with E-state index in [1.165, 1.54) is 5.56 Å². The number of esters is 1. The van der Waals surface area contributed by atoms with Gasteiger partial charge in [0.15, 0.2) is 5.96 Å². The Balaban J connectivity index is 0.00000363. The van der Waals surface area contributed by atoms with E-state index in [0.29, 0.717) is 13.2 Å². The van der Waals surface area contributed by atoms with E-state index < -0.39 is 0 Å². The Morgan fingerprint density at radius 3 is 2.38 bits per heavy atom. The van der Waals surface area contributed by atoms with Crippen molar-refractivity contribution in [2.24, 2.45) is 10.9 Å². The molecule has 0 aliphatic carbocycles. The SMILES string of the molecule is CCOC(=O)C1CCN(C(=NC)NCC2(c3ccc(OCC)cc3)CCOCC2)CC1.I. The van der Waals surface area contributed by atoms with Crippen LogP contribution in [0.5, 0.6) is 5.75 Å². The van der Waals surface area contributed by atoms with Crippen LogP contribution in [0.15, 0.2) is 29.3 Å². The topological polar surface area (TPSA) is 72.4 Å². The molecule has 32 heavy (non-hydrogen) atoms. The number of guanidine groups is 1. The monoisotopic (exact) mass is 559 g/mol. The van der Waals surface area contributed by atoms with Crippen molar-refractivity contribution in [1.29, 1.82) is 0 Å². The van der Waals surface area contributed by atoms with Crippen molar-refractivity contribution in [2.75, 3.05) is 53.1 Å². The number of piperidine rings is 1. The van der Waals surface area contributed by atoms with Crippen LogP contribution in [0.2, 0.25) is 0 Å². The predicted molar refractivity (Wildman–Crippen MR) is 137 cm³/mol. The molecule has 0 bridgehead atoms. The third-order valence-corrected chi connectivity index (χ3v) is 6.44. The maximum absolute atomic E-state index is 12.0. The number of ether oxygens (including phenoxy) is 3. The number of nitrogens with one attached hydrogen (secondary N) is 1. The van der Waals surface area contributed by atoms with Gasteiger partial charge in [0.25, 0.3) is 0 Å². The molecule has 1 aromatic carbocycles. The summed E-state index contributed by atoms with van der Waals surface area (Å²) >= 11 is 0. The minimum absolute atomic E-state index is 0. The van der Waals surface area contributed by atoms with Gasteiger partial charge in [-0.15, -0.1) is 24.0 Å². The van der Waals surface area contributed by atoms with E-state index in [1.54, 1.807) is 0 Å². The van der Waals surface area contributed by atoms with Gasteiger partial charge < -0.3 is 24.4 Å². The van der Waals surface area contributed by atoms with Crippen molar-refractivity contribution < 1.29 is 19.0 Å². The highest BCUT2D eigenvalue weighted by Crippen LogP contribution is 2.35. The van der Waals surface area contributed by atoms with E-state index in [9.17, 15) is 4.79 Å². The second-order valence-corrected chi connectivity index (χ2v) is 8.26. The maximum atomic E-state index is 12.0. The molecule has 0 amide bonds. The maximum Gasteiger partial charge on any atom is 0.309 e. The van der Waals surface area contributed by atoms with Gasteiger partial charge in [0.1, 0.15) is 5.75 Å². The second kappa shape index (κ2) is 13.2. The zero-order chi connectivity index (χ0) is 22.1. The largest absolute Gasteiger partial charge is 0.494 e. The molecule has 1 aromatic rings. The Hall–Kier alpha value is -1.55. The normalized spacial score (nSPS) is 19.1. The van der Waals surface area contributed by atoms with Gasteiger partial charge in [-0.25, -0.2) is 0 Å². The molecule has 0 aromatic heterocycles. The van der Waals surface area contributed by atoms with Crippen LogP contribution in [-0.2, 0) is 19.7 Å². The van der Waals surface area contributed by atoms with Crippen LogP contribution in [0.3, 0.4) is 0 Å². The molecule has 3 rings (SSSR count). The molecule has 0 unspecified atom stereocenters. The standard InChI is InChI=1S/C24H37N3O4.HI/c1-4-30-21-8-6-20(7-9-21)24(12-16-29-17-13-24)18-26-23(25-3)27-14-10-19(11-15-27)22(28)31-5-2;/h6-9,19H,4-5,10-18H2,1-3H3,(H,25,26);1H. The molecule has 0 atom stereocenters. The van der Waals surface area contributed by atoms with Gasteiger partial charge in [0, 0.05) is 45.3 Å². The molecule has 180 valence electrons. The van der Waals surface area contributed by atoms with Crippen molar-refractivity contribution in [3.63, 3.8) is 0 Å². The average Bonchev–Trinajstić information content (AvgIpc) is 2.81. The van der Waals surface area contributed by atoms with Crippen LogP contribution < -0.4 is 10.1 Å². The van der Waals surface area contributed by atoms with E-state index in [4.69, 9.17) is 14.2 Å². The third kappa shape index (κ3) is 6.73. The molecule has 0 spiro atoms. The fourth-order valence-corrected chi connectivity index (χ4v) is 4.57. The van der Waals surface area contributed by atoms with E-state index in [2.05, 4.69) is 39.5 Å². The summed E-state index contributed by atoms with van der Waals surface area (Å²) in [6.07, 6.45) is 3.54. The van der Waals surface area contributed by atoms with Crippen LogP contribution in [0.4, 0.5) is 0 Å². The summed E-state index contributed by atoms with van der Waals surface area (Å²) < 4.78 is 16.5. The van der Waals surface area contributed by atoms with Crippen LogP contribution in [-0.4, -0.2) is 69.9 Å². The fraction of sp³-hybridized carbons (Fsp3) is 0.667. The number of carbonyl (C=O) groups excluding carboxylic acids is 1.